The van der Waals surface area contributed by atoms with Crippen molar-refractivity contribution in [3.63, 3.8) is 0 Å². The number of methoxy groups -OCH3 is 3. The Morgan fingerprint density at radius 1 is 1.14 bits per heavy atom. The van der Waals surface area contributed by atoms with Gasteiger partial charge in [0, 0.05) is 24.8 Å². The molecule has 21 heavy (non-hydrogen) atoms. The normalized spacial score (nSPS) is 13.4. The van der Waals surface area contributed by atoms with E-state index < -0.39 is 12.2 Å². The van der Waals surface area contributed by atoms with Crippen molar-refractivity contribution >= 4 is 16.9 Å². The topological polar surface area (TPSA) is 85.2 Å². The molecule has 7 heteroatoms. The molecule has 2 N–H and O–H groups in total. The first-order valence-electron chi connectivity index (χ1n) is 6.24. The fourth-order valence-electron chi connectivity index (χ4n) is 1.81. The van der Waals surface area contributed by atoms with Gasteiger partial charge in [-0.25, -0.2) is 0 Å². The predicted molar refractivity (Wildman–Crippen MR) is 80.2 cm³/mol. The predicted octanol–water partition coefficient (Wildman–Crippen LogP) is 1.39. The lowest BCUT2D eigenvalue weighted by Crippen LogP contribution is -2.22. The fraction of sp³-hybridized carbons (Fsp3) is 0.500. The minimum atomic E-state index is -1.24. The van der Waals surface area contributed by atoms with Crippen LogP contribution >= 0.6 is 11.8 Å². The second-order valence-electron chi connectivity index (χ2n) is 4.26. The molecule has 0 radical (unpaired) electrons. The molecule has 0 aliphatic carbocycles. The molecule has 0 fully saturated rings. The van der Waals surface area contributed by atoms with Gasteiger partial charge in [-0.05, 0) is 0 Å². The van der Waals surface area contributed by atoms with Gasteiger partial charge >= 0.3 is 0 Å². The van der Waals surface area contributed by atoms with E-state index in [-0.39, 0.29) is 10.9 Å². The van der Waals surface area contributed by atoms with E-state index in [1.54, 1.807) is 12.1 Å². The van der Waals surface area contributed by atoms with Crippen LogP contribution in [-0.4, -0.2) is 48.5 Å². The summed E-state index contributed by atoms with van der Waals surface area (Å²) in [5.74, 6) is 1.26. The van der Waals surface area contributed by atoms with Crippen LogP contribution in [-0.2, 0) is 4.79 Å². The van der Waals surface area contributed by atoms with E-state index >= 15 is 0 Å². The van der Waals surface area contributed by atoms with Crippen LogP contribution in [0.15, 0.2) is 12.1 Å². The molecule has 2 atom stereocenters. The van der Waals surface area contributed by atoms with Gasteiger partial charge in [-0.15, -0.1) is 0 Å². The van der Waals surface area contributed by atoms with Crippen LogP contribution in [0.2, 0.25) is 0 Å². The minimum Gasteiger partial charge on any atom is -0.496 e. The van der Waals surface area contributed by atoms with Gasteiger partial charge in [-0.3, -0.25) is 4.79 Å². The van der Waals surface area contributed by atoms with Gasteiger partial charge < -0.3 is 24.4 Å². The first-order valence-corrected chi connectivity index (χ1v) is 7.22. The van der Waals surface area contributed by atoms with Gasteiger partial charge in [0.25, 0.3) is 0 Å². The third kappa shape index (κ3) is 4.52. The molecule has 6 nitrogen and oxygen atoms in total. The lowest BCUT2D eigenvalue weighted by atomic mass is 10.0. The molecule has 0 heterocycles. The molecule has 2 unspecified atom stereocenters. The van der Waals surface area contributed by atoms with Crippen molar-refractivity contribution in [1.29, 1.82) is 0 Å². The van der Waals surface area contributed by atoms with Crippen molar-refractivity contribution in [2.24, 2.45) is 0 Å². The summed E-state index contributed by atoms with van der Waals surface area (Å²) in [6, 6.07) is 3.18. The molecule has 0 aliphatic rings. The second-order valence-corrected chi connectivity index (χ2v) is 5.46. The van der Waals surface area contributed by atoms with Gasteiger partial charge in [0.1, 0.15) is 23.4 Å². The Hall–Kier alpha value is -1.44. The van der Waals surface area contributed by atoms with E-state index in [0.29, 0.717) is 22.8 Å². The van der Waals surface area contributed by atoms with Gasteiger partial charge in [-0.1, -0.05) is 11.8 Å². The molecule has 0 aliphatic heterocycles. The van der Waals surface area contributed by atoms with Crippen molar-refractivity contribution in [2.75, 3.05) is 27.1 Å². The van der Waals surface area contributed by atoms with E-state index in [1.165, 1.54) is 28.3 Å². The number of carbonyl (C=O) groups is 1. The summed E-state index contributed by atoms with van der Waals surface area (Å²) >= 11 is 0.942. The molecule has 118 valence electrons. The molecule has 0 aromatic heterocycles. The Balaban J connectivity index is 3.11. The lowest BCUT2D eigenvalue weighted by molar-refractivity contribution is -0.109. The third-order valence-electron chi connectivity index (χ3n) is 2.87. The molecule has 0 bridgehead atoms. The summed E-state index contributed by atoms with van der Waals surface area (Å²) in [6.07, 6.45) is -2.37. The molecule has 1 aromatic rings. The van der Waals surface area contributed by atoms with Crippen molar-refractivity contribution in [2.45, 2.75) is 19.1 Å². The van der Waals surface area contributed by atoms with Gasteiger partial charge in [0.2, 0.25) is 0 Å². The van der Waals surface area contributed by atoms with Crippen LogP contribution in [0.25, 0.3) is 0 Å². The Morgan fingerprint density at radius 2 is 1.67 bits per heavy atom. The summed E-state index contributed by atoms with van der Waals surface area (Å²) in [5, 5.41) is 20.2. The summed E-state index contributed by atoms with van der Waals surface area (Å²) in [4.78, 5) is 10.9. The molecule has 0 amide bonds. The first-order chi connectivity index (χ1) is 9.94. The highest BCUT2D eigenvalue weighted by Gasteiger charge is 2.27. The number of ether oxygens (including phenoxy) is 3. The third-order valence-corrected chi connectivity index (χ3v) is 3.79. The number of hydrogen-bond acceptors (Lipinski definition) is 7. The van der Waals surface area contributed by atoms with Crippen LogP contribution < -0.4 is 14.2 Å². The zero-order valence-electron chi connectivity index (χ0n) is 12.5. The number of aliphatic hydroxyl groups is 2. The van der Waals surface area contributed by atoms with Crippen molar-refractivity contribution in [1.82, 2.24) is 0 Å². The molecular formula is C14H20O6S. The van der Waals surface area contributed by atoms with Gasteiger partial charge in [-0.2, -0.15) is 0 Å². The molecule has 1 rings (SSSR count). The van der Waals surface area contributed by atoms with Crippen molar-refractivity contribution < 1.29 is 29.2 Å². The maximum atomic E-state index is 10.9. The summed E-state index contributed by atoms with van der Waals surface area (Å²) < 4.78 is 15.6. The Morgan fingerprint density at radius 3 is 2.05 bits per heavy atom. The Bertz CT molecular complexity index is 465. The molecular weight excluding hydrogens is 296 g/mol. The Kier molecular flexibility index (Phi) is 6.80. The first kappa shape index (κ1) is 17.6. The molecule has 0 saturated carbocycles. The standard InChI is InChI=1S/C14H20O6S/c1-8(15)21-7-10(16)14(17)13-11(19-3)5-9(18-2)6-12(13)20-4/h5-6,10,14,16-17H,7H2,1-4H3. The maximum Gasteiger partial charge on any atom is 0.185 e. The zero-order valence-corrected chi connectivity index (χ0v) is 13.3. The largest absolute Gasteiger partial charge is 0.496 e. The van der Waals surface area contributed by atoms with Crippen molar-refractivity contribution in [3.05, 3.63) is 17.7 Å². The highest BCUT2D eigenvalue weighted by molar-refractivity contribution is 8.13. The quantitative estimate of drug-likeness (QED) is 0.786. The number of benzene rings is 1. The summed E-state index contributed by atoms with van der Waals surface area (Å²) in [7, 11) is 4.39. The SMILES string of the molecule is COc1cc(OC)c(C(O)C(O)CSC(C)=O)c(OC)c1. The van der Waals surface area contributed by atoms with E-state index in [2.05, 4.69) is 0 Å². The number of aliphatic hydroxyl groups excluding tert-OH is 2. The number of carbonyl (C=O) groups excluding carboxylic acids is 1. The number of hydrogen-bond donors (Lipinski definition) is 2. The molecule has 1 aromatic carbocycles. The second kappa shape index (κ2) is 8.11. The van der Waals surface area contributed by atoms with Crippen LogP contribution in [0, 0.1) is 0 Å². The van der Waals surface area contributed by atoms with Crippen LogP contribution in [0.1, 0.15) is 18.6 Å². The minimum absolute atomic E-state index is 0.0782. The number of thioether (sulfide) groups is 1. The molecule has 0 saturated heterocycles. The average molecular weight is 316 g/mol. The summed E-state index contributed by atoms with van der Waals surface area (Å²) in [6.45, 7) is 1.40. The van der Waals surface area contributed by atoms with Gasteiger partial charge in [0.15, 0.2) is 5.12 Å². The van der Waals surface area contributed by atoms with Crippen LogP contribution in [0.4, 0.5) is 0 Å². The average Bonchev–Trinajstić information content (AvgIpc) is 2.50. The van der Waals surface area contributed by atoms with Crippen molar-refractivity contribution in [3.8, 4) is 17.2 Å². The highest BCUT2D eigenvalue weighted by Crippen LogP contribution is 2.39. The van der Waals surface area contributed by atoms with Crippen LogP contribution in [0.3, 0.4) is 0 Å². The van der Waals surface area contributed by atoms with E-state index in [0.717, 1.165) is 11.8 Å². The number of rotatable bonds is 7. The van der Waals surface area contributed by atoms with Gasteiger partial charge in [0.05, 0.1) is 33.0 Å². The van der Waals surface area contributed by atoms with Crippen LogP contribution in [0.5, 0.6) is 17.2 Å². The smallest absolute Gasteiger partial charge is 0.185 e. The summed E-state index contributed by atoms with van der Waals surface area (Å²) in [5.41, 5.74) is 0.317. The fourth-order valence-corrected chi connectivity index (χ4v) is 2.40. The van der Waals surface area contributed by atoms with E-state index in [1.807, 2.05) is 0 Å². The lowest BCUT2D eigenvalue weighted by Gasteiger charge is -2.22. The van der Waals surface area contributed by atoms with E-state index in [9.17, 15) is 15.0 Å². The highest BCUT2D eigenvalue weighted by atomic mass is 32.2. The zero-order chi connectivity index (χ0) is 16.0. The monoisotopic (exact) mass is 316 g/mol. The maximum absolute atomic E-state index is 10.9. The van der Waals surface area contributed by atoms with E-state index in [4.69, 9.17) is 14.2 Å². The Labute approximate surface area is 128 Å². The molecule has 0 spiro atoms.